The Hall–Kier alpha value is -2.73. The second-order valence-corrected chi connectivity index (χ2v) is 7.12. The second kappa shape index (κ2) is 7.95. The number of imidazole rings is 1. The summed E-state index contributed by atoms with van der Waals surface area (Å²) in [6.45, 7) is 0. The Morgan fingerprint density at radius 3 is 2.66 bits per heavy atom. The van der Waals surface area contributed by atoms with Gasteiger partial charge in [-0.05, 0) is 43.7 Å². The number of aromatic nitrogens is 4. The maximum atomic E-state index is 13.6. The van der Waals surface area contributed by atoms with Crippen molar-refractivity contribution in [3.8, 4) is 23.2 Å². The molecule has 1 fully saturated rings. The molecule has 1 aromatic carbocycles. The van der Waals surface area contributed by atoms with Crippen LogP contribution in [0.1, 0.15) is 31.5 Å². The zero-order valence-electron chi connectivity index (χ0n) is 15.8. The summed E-state index contributed by atoms with van der Waals surface area (Å²) in [5.41, 5.74) is 6.36. The summed E-state index contributed by atoms with van der Waals surface area (Å²) in [4.78, 5) is 13.1. The molecule has 0 atom stereocenters. The minimum atomic E-state index is -1.16. The van der Waals surface area contributed by atoms with Crippen LogP contribution in [0.15, 0.2) is 24.3 Å². The molecule has 0 saturated heterocycles. The van der Waals surface area contributed by atoms with Crippen LogP contribution in [-0.2, 0) is 7.05 Å². The Balaban J connectivity index is 0.00000240. The van der Waals surface area contributed by atoms with Crippen LogP contribution in [0.2, 0.25) is 0 Å². The molecule has 4 N–H and O–H groups in total. The molecular weight excluding hydrogens is 397 g/mol. The molecule has 9 heteroatoms. The van der Waals surface area contributed by atoms with E-state index in [-0.39, 0.29) is 36.0 Å². The third-order valence-electron chi connectivity index (χ3n) is 5.02. The van der Waals surface area contributed by atoms with Crippen LogP contribution in [0.4, 0.5) is 10.2 Å². The molecule has 1 saturated carbocycles. The van der Waals surface area contributed by atoms with Crippen molar-refractivity contribution in [3.63, 3.8) is 0 Å². The number of fused-ring (bicyclic) bond motifs is 1. The average molecular weight is 418 g/mol. The van der Waals surface area contributed by atoms with Gasteiger partial charge in [-0.3, -0.25) is 0 Å². The summed E-state index contributed by atoms with van der Waals surface area (Å²) in [6, 6.07) is 6.11. The van der Waals surface area contributed by atoms with Crippen molar-refractivity contribution in [2.45, 2.75) is 37.4 Å². The first kappa shape index (κ1) is 21.0. The normalized spacial score (nSPS) is 21.3. The maximum Gasteiger partial charge on any atom is 0.209 e. The zero-order valence-corrected chi connectivity index (χ0v) is 16.6. The van der Waals surface area contributed by atoms with Crippen LogP contribution < -0.4 is 5.73 Å². The lowest BCUT2D eigenvalue weighted by molar-refractivity contribution is 0.0104. The van der Waals surface area contributed by atoms with Gasteiger partial charge in [0.25, 0.3) is 0 Å². The molecular formula is C20H21ClFN5O2. The number of nitrogen functional groups attached to an aromatic ring is 1. The maximum absolute atomic E-state index is 13.6. The predicted molar refractivity (Wildman–Crippen MR) is 110 cm³/mol. The van der Waals surface area contributed by atoms with Crippen molar-refractivity contribution >= 4 is 29.4 Å². The van der Waals surface area contributed by atoms with Crippen LogP contribution in [0.5, 0.6) is 0 Å². The summed E-state index contributed by atoms with van der Waals surface area (Å²) < 4.78 is 15.3. The van der Waals surface area contributed by atoms with Crippen molar-refractivity contribution in [2.75, 3.05) is 5.73 Å². The topological polar surface area (TPSA) is 110 Å². The molecule has 2 heterocycles. The number of nitrogens with two attached hydrogens (primary N) is 1. The van der Waals surface area contributed by atoms with Crippen molar-refractivity contribution < 1.29 is 14.6 Å². The Bertz CT molecular complexity index is 1110. The van der Waals surface area contributed by atoms with Gasteiger partial charge in [-0.2, -0.15) is 0 Å². The van der Waals surface area contributed by atoms with E-state index >= 15 is 0 Å². The van der Waals surface area contributed by atoms with E-state index in [4.69, 9.17) is 5.73 Å². The highest BCUT2D eigenvalue weighted by atomic mass is 35.5. The highest BCUT2D eigenvalue weighted by Crippen LogP contribution is 2.28. The van der Waals surface area contributed by atoms with E-state index in [1.807, 2.05) is 0 Å². The highest BCUT2D eigenvalue weighted by Gasteiger charge is 2.30. The molecule has 7 nitrogen and oxygen atoms in total. The number of anilines is 1. The van der Waals surface area contributed by atoms with Gasteiger partial charge in [-0.15, -0.1) is 12.4 Å². The minimum absolute atomic E-state index is 0. The third kappa shape index (κ3) is 4.17. The lowest BCUT2D eigenvalue weighted by Gasteiger charge is -2.29. The average Bonchev–Trinajstić information content (AvgIpc) is 3.00. The quantitative estimate of drug-likeness (QED) is 0.523. The van der Waals surface area contributed by atoms with Crippen LogP contribution >= 0.6 is 12.4 Å². The summed E-state index contributed by atoms with van der Waals surface area (Å²) in [5, 5.41) is 20.1. The molecule has 0 amide bonds. The number of nitrogens with zero attached hydrogens (tertiary/aromatic N) is 4. The standard InChI is InChI=1S/C20H20FN5O2.ClH/c1-26-18(12-3-2-4-13(21)11-12)25-16-17(22)23-15(24-19(16)26)7-10-20(28)8-5-14(27)6-9-20;/h2-4,11,14,27-28H,5-6,8-9H2,1H3,(H2,22,23,24);1H. The monoisotopic (exact) mass is 417 g/mol. The van der Waals surface area contributed by atoms with Crippen molar-refractivity contribution in [3.05, 3.63) is 35.9 Å². The van der Waals surface area contributed by atoms with E-state index in [1.54, 1.807) is 23.7 Å². The van der Waals surface area contributed by atoms with E-state index in [0.717, 1.165) is 0 Å². The Kier molecular flexibility index (Phi) is 5.75. The molecule has 2 aromatic heterocycles. The van der Waals surface area contributed by atoms with Gasteiger partial charge < -0.3 is 20.5 Å². The Morgan fingerprint density at radius 1 is 1.24 bits per heavy atom. The number of benzene rings is 1. The molecule has 152 valence electrons. The van der Waals surface area contributed by atoms with Crippen molar-refractivity contribution in [1.29, 1.82) is 0 Å². The number of hydrogen-bond acceptors (Lipinski definition) is 6. The molecule has 4 rings (SSSR count). The van der Waals surface area contributed by atoms with Gasteiger partial charge >= 0.3 is 0 Å². The molecule has 29 heavy (non-hydrogen) atoms. The van der Waals surface area contributed by atoms with Gasteiger partial charge in [0.2, 0.25) is 5.82 Å². The van der Waals surface area contributed by atoms with Gasteiger partial charge in [0.1, 0.15) is 17.2 Å². The van der Waals surface area contributed by atoms with Crippen LogP contribution in [0.25, 0.3) is 22.6 Å². The number of aliphatic hydroxyl groups excluding tert-OH is 1. The van der Waals surface area contributed by atoms with Gasteiger partial charge in [-0.1, -0.05) is 18.1 Å². The van der Waals surface area contributed by atoms with Gasteiger partial charge in [-0.25, -0.2) is 19.3 Å². The summed E-state index contributed by atoms with van der Waals surface area (Å²) in [7, 11) is 1.76. The van der Waals surface area contributed by atoms with Crippen LogP contribution in [0.3, 0.4) is 0 Å². The lowest BCUT2D eigenvalue weighted by atomic mass is 9.84. The van der Waals surface area contributed by atoms with Gasteiger partial charge in [0.15, 0.2) is 17.0 Å². The molecule has 0 unspecified atom stereocenters. The SMILES string of the molecule is Cl.Cn1c(-c2cccc(F)c2)nc2c(N)nc(C#CC3(O)CCC(O)CC3)nc21. The zero-order chi connectivity index (χ0) is 19.9. The molecule has 1 aliphatic rings. The minimum Gasteiger partial charge on any atom is -0.393 e. The summed E-state index contributed by atoms with van der Waals surface area (Å²) in [6.07, 6.45) is 1.42. The molecule has 3 aromatic rings. The number of halogens is 2. The van der Waals surface area contributed by atoms with Crippen molar-refractivity contribution in [2.24, 2.45) is 7.05 Å². The lowest BCUT2D eigenvalue weighted by Crippen LogP contribution is -2.34. The summed E-state index contributed by atoms with van der Waals surface area (Å²) >= 11 is 0. The van der Waals surface area contributed by atoms with Crippen LogP contribution in [0, 0.1) is 17.7 Å². The van der Waals surface area contributed by atoms with Crippen LogP contribution in [-0.4, -0.2) is 41.4 Å². The number of hydrogen-bond donors (Lipinski definition) is 3. The summed E-state index contributed by atoms with van der Waals surface area (Å²) in [5.74, 6) is 6.13. The fourth-order valence-corrected chi connectivity index (χ4v) is 3.40. The number of aliphatic hydroxyl groups is 2. The molecule has 0 bridgehead atoms. The molecule has 1 aliphatic carbocycles. The van der Waals surface area contributed by atoms with E-state index in [9.17, 15) is 14.6 Å². The van der Waals surface area contributed by atoms with E-state index in [0.29, 0.717) is 48.2 Å². The Labute approximate surface area is 173 Å². The predicted octanol–water partition coefficient (Wildman–Crippen LogP) is 2.19. The fraction of sp³-hybridized carbons (Fsp3) is 0.350. The first-order chi connectivity index (χ1) is 13.3. The first-order valence-corrected chi connectivity index (χ1v) is 9.04. The van der Waals surface area contributed by atoms with E-state index in [2.05, 4.69) is 26.8 Å². The smallest absolute Gasteiger partial charge is 0.209 e. The second-order valence-electron chi connectivity index (χ2n) is 7.12. The highest BCUT2D eigenvalue weighted by molar-refractivity contribution is 5.86. The van der Waals surface area contributed by atoms with Crippen molar-refractivity contribution in [1.82, 2.24) is 19.5 Å². The third-order valence-corrected chi connectivity index (χ3v) is 5.02. The molecule has 0 radical (unpaired) electrons. The van der Waals surface area contributed by atoms with E-state index < -0.39 is 5.60 Å². The first-order valence-electron chi connectivity index (χ1n) is 9.04. The largest absolute Gasteiger partial charge is 0.393 e. The number of aryl methyl sites for hydroxylation is 1. The van der Waals surface area contributed by atoms with Gasteiger partial charge in [0, 0.05) is 12.6 Å². The number of rotatable bonds is 1. The Morgan fingerprint density at radius 2 is 1.97 bits per heavy atom. The molecule has 0 aliphatic heterocycles. The fourth-order valence-electron chi connectivity index (χ4n) is 3.40. The molecule has 0 spiro atoms. The van der Waals surface area contributed by atoms with Gasteiger partial charge in [0.05, 0.1) is 6.10 Å². The van der Waals surface area contributed by atoms with E-state index in [1.165, 1.54) is 12.1 Å².